The highest BCUT2D eigenvalue weighted by atomic mass is 16.5. The van der Waals surface area contributed by atoms with Crippen molar-refractivity contribution in [2.75, 3.05) is 13.2 Å². The van der Waals surface area contributed by atoms with Crippen LogP contribution in [0.25, 0.3) is 0 Å². The molecule has 0 radical (unpaired) electrons. The predicted octanol–water partition coefficient (Wildman–Crippen LogP) is 21.4. The number of amides is 1. The Morgan fingerprint density at radius 1 is 0.365 bits per heavy atom. The number of aliphatic hydroxyl groups is 2. The first kappa shape index (κ1) is 72.3. The molecule has 0 aliphatic heterocycles. The minimum atomic E-state index is -0.844. The van der Waals surface area contributed by atoms with Gasteiger partial charge < -0.3 is 20.3 Å². The summed E-state index contributed by atoms with van der Waals surface area (Å²) in [6.45, 7) is 4.93. The molecule has 0 saturated heterocycles. The van der Waals surface area contributed by atoms with E-state index < -0.39 is 12.1 Å². The average molecular weight is 1040 g/mol. The number of unbranched alkanes of at least 4 members (excludes halogenated alkanes) is 50. The van der Waals surface area contributed by atoms with Gasteiger partial charge in [-0.05, 0) is 57.8 Å². The third-order valence-electron chi connectivity index (χ3n) is 15.7. The predicted molar refractivity (Wildman–Crippen MR) is 324 cm³/mol. The molecule has 1 amide bonds. The van der Waals surface area contributed by atoms with Gasteiger partial charge in [0.15, 0.2) is 0 Å². The number of hydrogen-bond donors (Lipinski definition) is 3. The van der Waals surface area contributed by atoms with Crippen LogP contribution in [0, 0.1) is 0 Å². The standard InChI is InChI=1S/C68H131NO5/c1-3-5-7-9-11-13-15-17-19-29-32-36-40-44-48-52-56-60-66(71)65(64-70)69-67(72)61-57-53-49-45-41-37-33-30-27-25-23-21-22-24-26-28-31-35-39-43-47-51-55-59-63-74-68(73)62-58-54-50-46-42-38-34-20-18-16-14-12-10-8-6-4-2/h20,34,56,60,65-66,70-71H,3-19,21-33,35-55,57-59,61-64H2,1-2H3,(H,69,72)/b34-20-,60-56+. The molecule has 0 saturated carbocycles. The van der Waals surface area contributed by atoms with Crippen LogP contribution in [0.5, 0.6) is 0 Å². The number of ether oxygens (including phenoxy) is 1. The monoisotopic (exact) mass is 1040 g/mol. The molecule has 3 N–H and O–H groups in total. The maximum Gasteiger partial charge on any atom is 0.305 e. The summed E-state index contributed by atoms with van der Waals surface area (Å²) >= 11 is 0. The Kier molecular flexibility index (Phi) is 62.4. The molecule has 438 valence electrons. The van der Waals surface area contributed by atoms with Gasteiger partial charge in [-0.3, -0.25) is 9.59 Å². The Hall–Kier alpha value is -1.66. The smallest absolute Gasteiger partial charge is 0.305 e. The summed E-state index contributed by atoms with van der Waals surface area (Å²) < 4.78 is 5.49. The van der Waals surface area contributed by atoms with Gasteiger partial charge in [0.25, 0.3) is 0 Å². The molecular weight excluding hydrogens is 911 g/mol. The van der Waals surface area contributed by atoms with E-state index in [1.54, 1.807) is 6.08 Å². The zero-order valence-corrected chi connectivity index (χ0v) is 50.1. The van der Waals surface area contributed by atoms with E-state index in [2.05, 4.69) is 31.3 Å². The van der Waals surface area contributed by atoms with Crippen LogP contribution in [0.15, 0.2) is 24.3 Å². The van der Waals surface area contributed by atoms with Crippen molar-refractivity contribution in [1.82, 2.24) is 5.32 Å². The van der Waals surface area contributed by atoms with Gasteiger partial charge in [0.05, 0.1) is 25.4 Å². The zero-order chi connectivity index (χ0) is 53.6. The Labute approximate surface area is 462 Å². The molecule has 0 fully saturated rings. The van der Waals surface area contributed by atoms with E-state index in [4.69, 9.17) is 4.74 Å². The first-order chi connectivity index (χ1) is 36.5. The van der Waals surface area contributed by atoms with Crippen molar-refractivity contribution in [3.63, 3.8) is 0 Å². The lowest BCUT2D eigenvalue weighted by Gasteiger charge is -2.20. The largest absolute Gasteiger partial charge is 0.466 e. The molecule has 2 unspecified atom stereocenters. The van der Waals surface area contributed by atoms with E-state index in [0.29, 0.717) is 19.4 Å². The second-order valence-corrected chi connectivity index (χ2v) is 23.2. The Morgan fingerprint density at radius 3 is 0.959 bits per heavy atom. The Morgan fingerprint density at radius 2 is 0.635 bits per heavy atom. The second-order valence-electron chi connectivity index (χ2n) is 23.2. The van der Waals surface area contributed by atoms with Crippen LogP contribution in [0.3, 0.4) is 0 Å². The summed E-state index contributed by atoms with van der Waals surface area (Å²) in [5.74, 6) is -0.0559. The van der Waals surface area contributed by atoms with Crippen LogP contribution in [-0.4, -0.2) is 47.4 Å². The molecule has 0 spiro atoms. The van der Waals surface area contributed by atoms with Crippen LogP contribution >= 0.6 is 0 Å². The Balaban J connectivity index is 3.38. The lowest BCUT2D eigenvalue weighted by molar-refractivity contribution is -0.143. The van der Waals surface area contributed by atoms with Gasteiger partial charge in [-0.15, -0.1) is 0 Å². The second kappa shape index (κ2) is 63.9. The lowest BCUT2D eigenvalue weighted by atomic mass is 10.0. The fourth-order valence-corrected chi connectivity index (χ4v) is 10.6. The number of aliphatic hydroxyl groups excluding tert-OH is 2. The number of allylic oxidation sites excluding steroid dienone is 3. The van der Waals surface area contributed by atoms with Gasteiger partial charge in [0.1, 0.15) is 0 Å². The Bertz CT molecular complexity index is 1150. The van der Waals surface area contributed by atoms with Crippen LogP contribution < -0.4 is 5.32 Å². The summed E-state index contributed by atoms with van der Waals surface area (Å²) in [6, 6.07) is -0.627. The molecule has 0 aromatic heterocycles. The quantitative estimate of drug-likeness (QED) is 0.0320. The highest BCUT2D eigenvalue weighted by molar-refractivity contribution is 5.76. The summed E-state index contributed by atoms with van der Waals surface area (Å²) in [7, 11) is 0. The number of esters is 1. The molecule has 6 nitrogen and oxygen atoms in total. The molecule has 0 aromatic rings. The number of carbonyl (C=O) groups is 2. The normalized spacial score (nSPS) is 12.6. The van der Waals surface area contributed by atoms with E-state index in [1.165, 1.54) is 302 Å². The lowest BCUT2D eigenvalue weighted by Crippen LogP contribution is -2.45. The maximum atomic E-state index is 12.5. The van der Waals surface area contributed by atoms with E-state index in [9.17, 15) is 19.8 Å². The molecule has 0 aliphatic carbocycles. The molecular formula is C68H131NO5. The van der Waals surface area contributed by atoms with E-state index >= 15 is 0 Å². The van der Waals surface area contributed by atoms with Gasteiger partial charge in [0, 0.05) is 12.8 Å². The van der Waals surface area contributed by atoms with Crippen molar-refractivity contribution in [3.05, 3.63) is 24.3 Å². The minimum absolute atomic E-state index is 0.00819. The molecule has 0 rings (SSSR count). The van der Waals surface area contributed by atoms with Crippen LogP contribution in [0.1, 0.15) is 373 Å². The zero-order valence-electron chi connectivity index (χ0n) is 50.1. The van der Waals surface area contributed by atoms with Gasteiger partial charge >= 0.3 is 5.97 Å². The fraction of sp³-hybridized carbons (Fsp3) is 0.912. The third kappa shape index (κ3) is 59.6. The van der Waals surface area contributed by atoms with Crippen molar-refractivity contribution >= 4 is 11.9 Å². The number of carbonyl (C=O) groups excluding carboxylic acids is 2. The van der Waals surface area contributed by atoms with Crippen molar-refractivity contribution < 1.29 is 24.5 Å². The number of hydrogen-bond acceptors (Lipinski definition) is 5. The molecule has 0 aliphatic rings. The average Bonchev–Trinajstić information content (AvgIpc) is 3.40. The summed E-state index contributed by atoms with van der Waals surface area (Å²) in [4.78, 5) is 24.6. The minimum Gasteiger partial charge on any atom is -0.466 e. The maximum absolute atomic E-state index is 12.5. The van der Waals surface area contributed by atoms with E-state index in [1.807, 2.05) is 6.08 Å². The topological polar surface area (TPSA) is 95.9 Å². The van der Waals surface area contributed by atoms with Crippen molar-refractivity contribution in [1.29, 1.82) is 0 Å². The molecule has 0 bridgehead atoms. The fourth-order valence-electron chi connectivity index (χ4n) is 10.6. The van der Waals surface area contributed by atoms with Gasteiger partial charge in [-0.25, -0.2) is 0 Å². The number of nitrogens with one attached hydrogen (secondary N) is 1. The van der Waals surface area contributed by atoms with E-state index in [0.717, 1.165) is 44.9 Å². The van der Waals surface area contributed by atoms with Gasteiger partial charge in [0.2, 0.25) is 5.91 Å². The van der Waals surface area contributed by atoms with Crippen LogP contribution in [0.4, 0.5) is 0 Å². The molecule has 0 heterocycles. The summed E-state index contributed by atoms with van der Waals surface area (Å²) in [5.41, 5.74) is 0. The highest BCUT2D eigenvalue weighted by Gasteiger charge is 2.18. The highest BCUT2D eigenvalue weighted by Crippen LogP contribution is 2.18. The van der Waals surface area contributed by atoms with Gasteiger partial charge in [-0.1, -0.05) is 327 Å². The molecule has 74 heavy (non-hydrogen) atoms. The summed E-state index contributed by atoms with van der Waals surface area (Å²) in [5, 5.41) is 23.2. The third-order valence-corrected chi connectivity index (χ3v) is 15.7. The molecule has 0 aromatic carbocycles. The molecule has 6 heteroatoms. The van der Waals surface area contributed by atoms with Crippen molar-refractivity contribution in [3.8, 4) is 0 Å². The number of rotatable bonds is 63. The first-order valence-electron chi connectivity index (χ1n) is 33.6. The van der Waals surface area contributed by atoms with Crippen LogP contribution in [-0.2, 0) is 14.3 Å². The first-order valence-corrected chi connectivity index (χ1v) is 33.6. The van der Waals surface area contributed by atoms with Crippen molar-refractivity contribution in [2.45, 2.75) is 386 Å². The SMILES string of the molecule is CCCCCCCCC/C=C\CCCCCCCC(=O)OCCCCCCCCCCCCCCCCCCCCCCCCCCC(=O)NC(CO)C(O)/C=C/CCCCCCCCCCCCCCCCC. The van der Waals surface area contributed by atoms with Gasteiger partial charge in [-0.2, -0.15) is 0 Å². The van der Waals surface area contributed by atoms with Crippen LogP contribution in [0.2, 0.25) is 0 Å². The summed E-state index contributed by atoms with van der Waals surface area (Å²) in [6.07, 6.45) is 79.5. The van der Waals surface area contributed by atoms with E-state index in [-0.39, 0.29) is 18.5 Å². The molecule has 2 atom stereocenters. The van der Waals surface area contributed by atoms with Crippen molar-refractivity contribution in [2.24, 2.45) is 0 Å².